The molecule has 1 atom stereocenters. The van der Waals surface area contributed by atoms with Gasteiger partial charge in [-0.1, -0.05) is 35.9 Å². The number of anilines is 1. The maximum absolute atomic E-state index is 12.5. The Labute approximate surface area is 188 Å². The molecule has 31 heavy (non-hydrogen) atoms. The van der Waals surface area contributed by atoms with E-state index in [0.717, 1.165) is 33.2 Å². The Hall–Kier alpha value is -2.83. The Kier molecular flexibility index (Phi) is 6.30. The first-order chi connectivity index (χ1) is 14.9. The Morgan fingerprint density at radius 3 is 2.39 bits per heavy atom. The topological polar surface area (TPSA) is 50.6 Å². The van der Waals surface area contributed by atoms with E-state index in [9.17, 15) is 4.79 Å². The van der Waals surface area contributed by atoms with Crippen molar-refractivity contribution in [2.75, 3.05) is 26.1 Å². The van der Waals surface area contributed by atoms with E-state index in [1.807, 2.05) is 44.7 Å². The van der Waals surface area contributed by atoms with Crippen LogP contribution in [0.3, 0.4) is 0 Å². The lowest BCUT2D eigenvalue weighted by atomic mass is 10.0. The van der Waals surface area contributed by atoms with Crippen molar-refractivity contribution in [1.82, 2.24) is 14.5 Å². The minimum absolute atomic E-state index is 0.220. The number of rotatable bonds is 6. The lowest BCUT2D eigenvalue weighted by Crippen LogP contribution is -2.46. The molecule has 3 aromatic rings. The summed E-state index contributed by atoms with van der Waals surface area (Å²) in [7, 11) is 5.49. The molecule has 162 valence electrons. The zero-order chi connectivity index (χ0) is 22.0. The van der Waals surface area contributed by atoms with Crippen LogP contribution in [0.25, 0.3) is 0 Å². The van der Waals surface area contributed by atoms with Crippen molar-refractivity contribution in [3.63, 3.8) is 0 Å². The third-order valence-corrected chi connectivity index (χ3v) is 6.04. The second kappa shape index (κ2) is 9.12. The highest BCUT2D eigenvalue weighted by molar-refractivity contribution is 6.30. The van der Waals surface area contributed by atoms with Gasteiger partial charge in [-0.15, -0.1) is 0 Å². The SMILES string of the molecule is COC(=O)[C@@H]1Cc2ncn(Cc3ccc(Cl)cc3)c2CN1Cc1ccc(N(C)C)cc1. The van der Waals surface area contributed by atoms with Gasteiger partial charge in [-0.25, -0.2) is 4.98 Å². The summed E-state index contributed by atoms with van der Waals surface area (Å²) in [6, 6.07) is 15.9. The van der Waals surface area contributed by atoms with Gasteiger partial charge in [-0.3, -0.25) is 9.69 Å². The zero-order valence-electron chi connectivity index (χ0n) is 18.1. The Morgan fingerprint density at radius 2 is 1.74 bits per heavy atom. The number of ether oxygens (including phenoxy) is 1. The van der Waals surface area contributed by atoms with Crippen molar-refractivity contribution in [2.45, 2.75) is 32.1 Å². The minimum atomic E-state index is -0.343. The first-order valence-electron chi connectivity index (χ1n) is 10.3. The van der Waals surface area contributed by atoms with E-state index in [-0.39, 0.29) is 12.0 Å². The Morgan fingerprint density at radius 1 is 1.10 bits per heavy atom. The number of methoxy groups -OCH3 is 1. The predicted molar refractivity (Wildman–Crippen MR) is 122 cm³/mol. The Bertz CT molecular complexity index is 1040. The van der Waals surface area contributed by atoms with Gasteiger partial charge in [0.2, 0.25) is 0 Å². The van der Waals surface area contributed by atoms with Crippen LogP contribution in [-0.2, 0) is 35.6 Å². The van der Waals surface area contributed by atoms with Crippen LogP contribution in [0.2, 0.25) is 5.02 Å². The van der Waals surface area contributed by atoms with E-state index in [4.69, 9.17) is 16.3 Å². The number of carbonyl (C=O) groups excluding carboxylic acids is 1. The molecule has 1 aliphatic heterocycles. The fourth-order valence-electron chi connectivity index (χ4n) is 4.01. The van der Waals surface area contributed by atoms with Crippen molar-refractivity contribution in [3.05, 3.63) is 82.4 Å². The molecule has 0 saturated carbocycles. The summed E-state index contributed by atoms with van der Waals surface area (Å²) in [5.41, 5.74) is 5.57. The van der Waals surface area contributed by atoms with Gasteiger partial charge in [0.05, 0.1) is 24.8 Å². The molecule has 1 aliphatic rings. The molecule has 0 aliphatic carbocycles. The van der Waals surface area contributed by atoms with E-state index < -0.39 is 0 Å². The van der Waals surface area contributed by atoms with Crippen molar-refractivity contribution in [3.8, 4) is 0 Å². The van der Waals surface area contributed by atoms with Gasteiger partial charge >= 0.3 is 5.97 Å². The lowest BCUT2D eigenvalue weighted by molar-refractivity contribution is -0.148. The van der Waals surface area contributed by atoms with E-state index >= 15 is 0 Å². The lowest BCUT2D eigenvalue weighted by Gasteiger charge is -2.34. The maximum Gasteiger partial charge on any atom is 0.323 e. The van der Waals surface area contributed by atoms with Crippen LogP contribution >= 0.6 is 11.6 Å². The second-order valence-corrected chi connectivity index (χ2v) is 8.54. The number of aromatic nitrogens is 2. The number of hydrogen-bond acceptors (Lipinski definition) is 5. The van der Waals surface area contributed by atoms with Crippen LogP contribution < -0.4 is 4.90 Å². The summed E-state index contributed by atoms with van der Waals surface area (Å²) >= 11 is 6.02. The molecule has 0 bridgehead atoms. The number of hydrogen-bond donors (Lipinski definition) is 0. The van der Waals surface area contributed by atoms with Crippen molar-refractivity contribution < 1.29 is 9.53 Å². The number of halogens is 1. The fourth-order valence-corrected chi connectivity index (χ4v) is 4.13. The molecular weight excluding hydrogens is 412 g/mol. The first kappa shape index (κ1) is 21.4. The van der Waals surface area contributed by atoms with Gasteiger partial charge in [-0.05, 0) is 35.4 Å². The summed E-state index contributed by atoms with van der Waals surface area (Å²) in [4.78, 5) is 21.4. The monoisotopic (exact) mass is 438 g/mol. The van der Waals surface area contributed by atoms with Gasteiger partial charge in [0.25, 0.3) is 0 Å². The highest BCUT2D eigenvalue weighted by atomic mass is 35.5. The number of benzene rings is 2. The van der Waals surface area contributed by atoms with Gasteiger partial charge in [0.1, 0.15) is 6.04 Å². The highest BCUT2D eigenvalue weighted by Gasteiger charge is 2.34. The molecule has 0 N–H and O–H groups in total. The molecule has 6 nitrogen and oxygen atoms in total. The number of esters is 1. The smallest absolute Gasteiger partial charge is 0.323 e. The van der Waals surface area contributed by atoms with Crippen molar-refractivity contribution >= 4 is 23.3 Å². The number of carbonyl (C=O) groups is 1. The van der Waals surface area contributed by atoms with E-state index in [1.54, 1.807) is 0 Å². The normalized spacial score (nSPS) is 16.1. The van der Waals surface area contributed by atoms with Crippen LogP contribution in [-0.4, -0.2) is 47.7 Å². The summed E-state index contributed by atoms with van der Waals surface area (Å²) in [5.74, 6) is -0.220. The molecule has 0 amide bonds. The zero-order valence-corrected chi connectivity index (χ0v) is 18.8. The predicted octanol–water partition coefficient (Wildman–Crippen LogP) is 3.75. The third kappa shape index (κ3) is 4.75. The summed E-state index contributed by atoms with van der Waals surface area (Å²) in [6.07, 6.45) is 2.41. The third-order valence-electron chi connectivity index (χ3n) is 5.79. The summed E-state index contributed by atoms with van der Waals surface area (Å²) in [6.45, 7) is 2.02. The number of fused-ring (bicyclic) bond motifs is 1. The van der Waals surface area contributed by atoms with Crippen molar-refractivity contribution in [1.29, 1.82) is 0 Å². The Balaban J connectivity index is 1.58. The minimum Gasteiger partial charge on any atom is -0.468 e. The van der Waals surface area contributed by atoms with Crippen LogP contribution in [0.15, 0.2) is 54.9 Å². The van der Waals surface area contributed by atoms with E-state index in [2.05, 4.69) is 43.6 Å². The molecule has 0 saturated heterocycles. The first-order valence-corrected chi connectivity index (χ1v) is 10.7. The number of imidazole rings is 1. The van der Waals surface area contributed by atoms with Crippen LogP contribution in [0.5, 0.6) is 0 Å². The van der Waals surface area contributed by atoms with E-state index in [0.29, 0.717) is 26.1 Å². The van der Waals surface area contributed by atoms with Crippen LogP contribution in [0.4, 0.5) is 5.69 Å². The molecular formula is C24H27ClN4O2. The fraction of sp³-hybridized carbons (Fsp3) is 0.333. The molecule has 0 fully saturated rings. The molecule has 1 aromatic heterocycles. The molecule has 7 heteroatoms. The van der Waals surface area contributed by atoms with Crippen LogP contribution in [0, 0.1) is 0 Å². The van der Waals surface area contributed by atoms with Crippen LogP contribution in [0.1, 0.15) is 22.5 Å². The molecule has 0 unspecified atom stereocenters. The highest BCUT2D eigenvalue weighted by Crippen LogP contribution is 2.26. The molecule has 2 heterocycles. The van der Waals surface area contributed by atoms with Gasteiger partial charge in [0, 0.05) is 50.9 Å². The summed E-state index contributed by atoms with van der Waals surface area (Å²) < 4.78 is 7.26. The molecule has 0 spiro atoms. The quantitative estimate of drug-likeness (QED) is 0.548. The average Bonchev–Trinajstić information content (AvgIpc) is 3.16. The average molecular weight is 439 g/mol. The molecule has 0 radical (unpaired) electrons. The molecule has 2 aromatic carbocycles. The standard InChI is InChI=1S/C24H27ClN4O2/c1-27(2)20-10-6-18(7-11-20)13-28-15-23-21(12-22(28)24(30)31-3)26-16-29(23)14-17-4-8-19(25)9-5-17/h4-11,16,22H,12-15H2,1-3H3/t22-/m0/s1. The maximum atomic E-state index is 12.5. The second-order valence-electron chi connectivity index (χ2n) is 8.10. The van der Waals surface area contributed by atoms with E-state index in [1.165, 1.54) is 7.11 Å². The van der Waals surface area contributed by atoms with Gasteiger partial charge in [0.15, 0.2) is 0 Å². The van der Waals surface area contributed by atoms with Gasteiger partial charge in [-0.2, -0.15) is 0 Å². The van der Waals surface area contributed by atoms with Crippen molar-refractivity contribution in [2.24, 2.45) is 0 Å². The summed E-state index contributed by atoms with van der Waals surface area (Å²) in [5, 5.41) is 0.726. The molecule has 4 rings (SSSR count). The largest absolute Gasteiger partial charge is 0.468 e. The van der Waals surface area contributed by atoms with Gasteiger partial charge < -0.3 is 14.2 Å². The number of nitrogens with zero attached hydrogens (tertiary/aromatic N) is 4.